The summed E-state index contributed by atoms with van der Waals surface area (Å²) in [6.07, 6.45) is 1.41. The summed E-state index contributed by atoms with van der Waals surface area (Å²) in [5.41, 5.74) is 1.22. The van der Waals surface area contributed by atoms with Gasteiger partial charge >= 0.3 is 0 Å². The molecule has 0 bridgehead atoms. The van der Waals surface area contributed by atoms with Crippen LogP contribution in [0.5, 0.6) is 5.75 Å². The number of hydrogen-bond donors (Lipinski definition) is 1. The van der Waals surface area contributed by atoms with Gasteiger partial charge in [0.2, 0.25) is 0 Å². The van der Waals surface area contributed by atoms with Crippen molar-refractivity contribution in [3.05, 3.63) is 29.8 Å². The molecule has 2 atom stereocenters. The lowest BCUT2D eigenvalue weighted by atomic mass is 10.1. The third-order valence-electron chi connectivity index (χ3n) is 3.20. The molecule has 1 saturated heterocycles. The maximum Gasteiger partial charge on any atom is 0.123 e. The molecule has 94 valence electrons. The highest BCUT2D eigenvalue weighted by Crippen LogP contribution is 2.19. The molecule has 17 heavy (non-hydrogen) atoms. The molecule has 0 amide bonds. The summed E-state index contributed by atoms with van der Waals surface area (Å²) >= 11 is 0. The summed E-state index contributed by atoms with van der Waals surface area (Å²) in [5.74, 6) is 0.981. The highest BCUT2D eigenvalue weighted by molar-refractivity contribution is 5.33. The van der Waals surface area contributed by atoms with E-state index in [1.165, 1.54) is 5.56 Å². The Morgan fingerprint density at radius 1 is 1.41 bits per heavy atom. The molecule has 0 aliphatic carbocycles. The standard InChI is InChI=1S/C14H21NO2/c1-3-16-14-7-5-4-6-12(14)10-15-13-8-9-17-11(13)2/h4-7,11,13,15H,3,8-10H2,1-2H3. The first-order valence-electron chi connectivity index (χ1n) is 6.37. The molecule has 1 N–H and O–H groups in total. The average Bonchev–Trinajstić information content (AvgIpc) is 2.74. The van der Waals surface area contributed by atoms with E-state index >= 15 is 0 Å². The minimum atomic E-state index is 0.314. The molecule has 0 aromatic heterocycles. The lowest BCUT2D eigenvalue weighted by Crippen LogP contribution is -2.34. The Kier molecular flexibility index (Phi) is 4.40. The van der Waals surface area contributed by atoms with Crippen molar-refractivity contribution in [2.24, 2.45) is 0 Å². The molecule has 0 radical (unpaired) electrons. The fourth-order valence-electron chi connectivity index (χ4n) is 2.19. The van der Waals surface area contributed by atoms with Crippen LogP contribution in [0.2, 0.25) is 0 Å². The number of rotatable bonds is 5. The second kappa shape index (κ2) is 6.03. The fourth-order valence-corrected chi connectivity index (χ4v) is 2.19. The smallest absolute Gasteiger partial charge is 0.123 e. The van der Waals surface area contributed by atoms with E-state index in [9.17, 15) is 0 Å². The van der Waals surface area contributed by atoms with Crippen LogP contribution in [0.3, 0.4) is 0 Å². The number of nitrogens with one attached hydrogen (secondary N) is 1. The Labute approximate surface area is 103 Å². The SMILES string of the molecule is CCOc1ccccc1CNC1CCOC1C. The number of hydrogen-bond acceptors (Lipinski definition) is 3. The van der Waals surface area contributed by atoms with Gasteiger partial charge in [0, 0.05) is 24.8 Å². The third kappa shape index (κ3) is 3.20. The van der Waals surface area contributed by atoms with Crippen LogP contribution in [0.1, 0.15) is 25.8 Å². The van der Waals surface area contributed by atoms with E-state index in [0.29, 0.717) is 18.8 Å². The Hall–Kier alpha value is -1.06. The Morgan fingerprint density at radius 2 is 2.24 bits per heavy atom. The van der Waals surface area contributed by atoms with Crippen LogP contribution in [-0.4, -0.2) is 25.4 Å². The summed E-state index contributed by atoms with van der Waals surface area (Å²) in [5, 5.41) is 3.54. The first-order valence-corrected chi connectivity index (χ1v) is 6.37. The molecule has 0 saturated carbocycles. The van der Waals surface area contributed by atoms with E-state index in [2.05, 4.69) is 18.3 Å². The summed E-state index contributed by atoms with van der Waals surface area (Å²) in [6, 6.07) is 8.65. The Balaban J connectivity index is 1.93. The summed E-state index contributed by atoms with van der Waals surface area (Å²) in [4.78, 5) is 0. The zero-order valence-electron chi connectivity index (χ0n) is 10.6. The lowest BCUT2D eigenvalue weighted by molar-refractivity contribution is 0.113. The Morgan fingerprint density at radius 3 is 2.94 bits per heavy atom. The van der Waals surface area contributed by atoms with Gasteiger partial charge in [-0.05, 0) is 26.3 Å². The third-order valence-corrected chi connectivity index (χ3v) is 3.20. The normalized spacial score (nSPS) is 23.9. The monoisotopic (exact) mass is 235 g/mol. The largest absolute Gasteiger partial charge is 0.494 e. The topological polar surface area (TPSA) is 30.5 Å². The van der Waals surface area contributed by atoms with Crippen LogP contribution in [0, 0.1) is 0 Å². The van der Waals surface area contributed by atoms with Gasteiger partial charge in [-0.15, -0.1) is 0 Å². The fraction of sp³-hybridized carbons (Fsp3) is 0.571. The van der Waals surface area contributed by atoms with Crippen LogP contribution in [0.4, 0.5) is 0 Å². The van der Waals surface area contributed by atoms with E-state index in [4.69, 9.17) is 9.47 Å². The second-order valence-electron chi connectivity index (χ2n) is 4.39. The molecule has 3 nitrogen and oxygen atoms in total. The molecule has 1 aliphatic heterocycles. The minimum absolute atomic E-state index is 0.314. The van der Waals surface area contributed by atoms with E-state index in [1.54, 1.807) is 0 Å². The van der Waals surface area contributed by atoms with E-state index in [-0.39, 0.29) is 0 Å². The van der Waals surface area contributed by atoms with Crippen molar-refractivity contribution >= 4 is 0 Å². The van der Waals surface area contributed by atoms with Gasteiger partial charge in [0.05, 0.1) is 12.7 Å². The van der Waals surface area contributed by atoms with Gasteiger partial charge in [-0.1, -0.05) is 18.2 Å². The molecule has 2 rings (SSSR count). The van der Waals surface area contributed by atoms with Crippen molar-refractivity contribution in [1.29, 1.82) is 0 Å². The quantitative estimate of drug-likeness (QED) is 0.850. The van der Waals surface area contributed by atoms with Crippen molar-refractivity contribution in [2.75, 3.05) is 13.2 Å². The van der Waals surface area contributed by atoms with Crippen molar-refractivity contribution < 1.29 is 9.47 Å². The van der Waals surface area contributed by atoms with Gasteiger partial charge in [0.25, 0.3) is 0 Å². The molecule has 3 heteroatoms. The maximum absolute atomic E-state index is 5.61. The molecule has 1 heterocycles. The minimum Gasteiger partial charge on any atom is -0.494 e. The second-order valence-corrected chi connectivity index (χ2v) is 4.39. The molecule has 1 fully saturated rings. The molecule has 2 unspecified atom stereocenters. The van der Waals surface area contributed by atoms with Crippen molar-refractivity contribution in [3.63, 3.8) is 0 Å². The maximum atomic E-state index is 5.61. The summed E-state index contributed by atoms with van der Waals surface area (Å²) in [7, 11) is 0. The predicted octanol–water partition coefficient (Wildman–Crippen LogP) is 2.35. The van der Waals surface area contributed by atoms with E-state index in [0.717, 1.165) is 25.3 Å². The van der Waals surface area contributed by atoms with Gasteiger partial charge in [0.1, 0.15) is 5.75 Å². The first-order chi connectivity index (χ1) is 8.31. The average molecular weight is 235 g/mol. The predicted molar refractivity (Wildman–Crippen MR) is 68.3 cm³/mol. The van der Waals surface area contributed by atoms with Gasteiger partial charge in [-0.3, -0.25) is 0 Å². The summed E-state index contributed by atoms with van der Waals surface area (Å²) < 4.78 is 11.1. The van der Waals surface area contributed by atoms with Crippen LogP contribution < -0.4 is 10.1 Å². The number of benzene rings is 1. The van der Waals surface area contributed by atoms with Crippen LogP contribution in [-0.2, 0) is 11.3 Å². The van der Waals surface area contributed by atoms with Crippen molar-refractivity contribution in [3.8, 4) is 5.75 Å². The van der Waals surface area contributed by atoms with Crippen LogP contribution >= 0.6 is 0 Å². The van der Waals surface area contributed by atoms with Gasteiger partial charge in [0.15, 0.2) is 0 Å². The summed E-state index contributed by atoms with van der Waals surface area (Å²) in [6.45, 7) is 6.55. The highest BCUT2D eigenvalue weighted by atomic mass is 16.5. The molecular weight excluding hydrogens is 214 g/mol. The van der Waals surface area contributed by atoms with Crippen LogP contribution in [0.15, 0.2) is 24.3 Å². The number of para-hydroxylation sites is 1. The van der Waals surface area contributed by atoms with Crippen molar-refractivity contribution in [2.45, 2.75) is 39.0 Å². The molecule has 1 aromatic carbocycles. The zero-order chi connectivity index (χ0) is 12.1. The molecule has 1 aromatic rings. The van der Waals surface area contributed by atoms with Gasteiger partial charge < -0.3 is 14.8 Å². The Bertz CT molecular complexity index is 354. The van der Waals surface area contributed by atoms with Gasteiger partial charge in [-0.2, -0.15) is 0 Å². The number of ether oxygens (including phenoxy) is 2. The first kappa shape index (κ1) is 12.4. The molecular formula is C14H21NO2. The van der Waals surface area contributed by atoms with E-state index in [1.807, 2.05) is 25.1 Å². The molecule has 0 spiro atoms. The van der Waals surface area contributed by atoms with Crippen LogP contribution in [0.25, 0.3) is 0 Å². The molecule has 1 aliphatic rings. The van der Waals surface area contributed by atoms with Crippen molar-refractivity contribution in [1.82, 2.24) is 5.32 Å². The van der Waals surface area contributed by atoms with E-state index < -0.39 is 0 Å². The lowest BCUT2D eigenvalue weighted by Gasteiger charge is -2.17. The van der Waals surface area contributed by atoms with Gasteiger partial charge in [-0.25, -0.2) is 0 Å². The zero-order valence-corrected chi connectivity index (χ0v) is 10.6. The highest BCUT2D eigenvalue weighted by Gasteiger charge is 2.23.